The van der Waals surface area contributed by atoms with E-state index in [9.17, 15) is 4.79 Å². The summed E-state index contributed by atoms with van der Waals surface area (Å²) in [6.45, 7) is 9.38. The molecular formula is C20H23N3O2. The third-order valence-electron chi connectivity index (χ3n) is 3.87. The summed E-state index contributed by atoms with van der Waals surface area (Å²) >= 11 is 0. The van der Waals surface area contributed by atoms with Crippen LogP contribution in [0.1, 0.15) is 43.4 Å². The van der Waals surface area contributed by atoms with Gasteiger partial charge in [0.25, 0.3) is 0 Å². The van der Waals surface area contributed by atoms with Gasteiger partial charge in [0.1, 0.15) is 17.1 Å². The summed E-state index contributed by atoms with van der Waals surface area (Å²) in [6, 6.07) is 8.11. The smallest absolute Gasteiger partial charge is 0.410 e. The Hall–Kier alpha value is -2.74. The maximum absolute atomic E-state index is 12.2. The summed E-state index contributed by atoms with van der Waals surface area (Å²) in [5.74, 6) is 7.22. The monoisotopic (exact) mass is 337 g/mol. The van der Waals surface area contributed by atoms with Crippen molar-refractivity contribution in [2.45, 2.75) is 46.4 Å². The van der Waals surface area contributed by atoms with E-state index in [1.165, 1.54) is 5.56 Å². The average Bonchev–Trinajstić information content (AvgIpc) is 2.93. The highest BCUT2D eigenvalue weighted by Gasteiger charge is 2.27. The molecule has 1 aliphatic heterocycles. The van der Waals surface area contributed by atoms with Gasteiger partial charge in [0.15, 0.2) is 0 Å². The molecular weight excluding hydrogens is 314 g/mol. The predicted molar refractivity (Wildman–Crippen MR) is 96.0 cm³/mol. The van der Waals surface area contributed by atoms with Crippen LogP contribution in [-0.4, -0.2) is 32.7 Å². The SMILES string of the molecule is Cc1cccc(C#Cc2cnc3n2CCN(C(=O)OC(C)(C)C)C3)c1. The first kappa shape index (κ1) is 17.1. The molecule has 0 fully saturated rings. The Morgan fingerprint density at radius 1 is 1.24 bits per heavy atom. The Bertz CT molecular complexity index is 850. The third kappa shape index (κ3) is 4.21. The van der Waals surface area contributed by atoms with Crippen molar-refractivity contribution in [1.29, 1.82) is 0 Å². The van der Waals surface area contributed by atoms with Crippen molar-refractivity contribution in [2.75, 3.05) is 6.54 Å². The minimum Gasteiger partial charge on any atom is -0.444 e. The van der Waals surface area contributed by atoms with Crippen LogP contribution in [0.3, 0.4) is 0 Å². The zero-order chi connectivity index (χ0) is 18.0. The van der Waals surface area contributed by atoms with Crippen molar-refractivity contribution in [2.24, 2.45) is 0 Å². The number of aryl methyl sites for hydroxylation is 1. The number of nitrogens with zero attached hydrogens (tertiary/aromatic N) is 3. The highest BCUT2D eigenvalue weighted by atomic mass is 16.6. The summed E-state index contributed by atoms with van der Waals surface area (Å²) in [5.41, 5.74) is 2.56. The number of carbonyl (C=O) groups is 1. The maximum Gasteiger partial charge on any atom is 0.410 e. The van der Waals surface area contributed by atoms with Gasteiger partial charge in [0, 0.05) is 18.7 Å². The van der Waals surface area contributed by atoms with Gasteiger partial charge in [0.05, 0.1) is 12.7 Å². The molecule has 1 amide bonds. The number of carbonyl (C=O) groups excluding carboxylic acids is 1. The number of imidazole rings is 1. The van der Waals surface area contributed by atoms with E-state index in [0.717, 1.165) is 17.1 Å². The van der Waals surface area contributed by atoms with Gasteiger partial charge in [-0.1, -0.05) is 18.1 Å². The molecule has 2 heterocycles. The van der Waals surface area contributed by atoms with Crippen LogP contribution in [0.4, 0.5) is 4.79 Å². The second-order valence-corrected chi connectivity index (χ2v) is 7.23. The summed E-state index contributed by atoms with van der Waals surface area (Å²) in [6.07, 6.45) is 1.48. The van der Waals surface area contributed by atoms with Gasteiger partial charge in [-0.3, -0.25) is 4.90 Å². The Balaban J connectivity index is 1.74. The maximum atomic E-state index is 12.2. The van der Waals surface area contributed by atoms with Crippen molar-refractivity contribution in [3.05, 3.63) is 53.1 Å². The fourth-order valence-corrected chi connectivity index (χ4v) is 2.70. The minimum atomic E-state index is -0.492. The van der Waals surface area contributed by atoms with E-state index in [1.54, 1.807) is 11.1 Å². The molecule has 25 heavy (non-hydrogen) atoms. The average molecular weight is 337 g/mol. The minimum absolute atomic E-state index is 0.297. The third-order valence-corrected chi connectivity index (χ3v) is 3.87. The van der Waals surface area contributed by atoms with Crippen molar-refractivity contribution >= 4 is 6.09 Å². The number of hydrogen-bond donors (Lipinski definition) is 0. The molecule has 0 N–H and O–H groups in total. The first-order chi connectivity index (χ1) is 11.8. The first-order valence-corrected chi connectivity index (χ1v) is 8.43. The zero-order valence-corrected chi connectivity index (χ0v) is 15.2. The van der Waals surface area contributed by atoms with Crippen molar-refractivity contribution in [3.8, 4) is 11.8 Å². The number of rotatable bonds is 0. The van der Waals surface area contributed by atoms with Crippen LogP contribution in [0.2, 0.25) is 0 Å². The molecule has 0 aliphatic carbocycles. The van der Waals surface area contributed by atoms with Gasteiger partial charge >= 0.3 is 6.09 Å². The Kier molecular flexibility index (Phi) is 4.54. The van der Waals surface area contributed by atoms with Gasteiger partial charge in [0.2, 0.25) is 0 Å². The molecule has 5 nitrogen and oxygen atoms in total. The van der Waals surface area contributed by atoms with Crippen molar-refractivity contribution in [1.82, 2.24) is 14.5 Å². The lowest BCUT2D eigenvalue weighted by Crippen LogP contribution is -2.41. The number of aromatic nitrogens is 2. The van der Waals surface area contributed by atoms with E-state index >= 15 is 0 Å². The van der Waals surface area contributed by atoms with E-state index in [-0.39, 0.29) is 6.09 Å². The van der Waals surface area contributed by atoms with Crippen LogP contribution in [-0.2, 0) is 17.8 Å². The van der Waals surface area contributed by atoms with Crippen LogP contribution in [0.15, 0.2) is 30.5 Å². The lowest BCUT2D eigenvalue weighted by molar-refractivity contribution is 0.0195. The Morgan fingerprint density at radius 2 is 2.04 bits per heavy atom. The van der Waals surface area contributed by atoms with Crippen LogP contribution in [0.5, 0.6) is 0 Å². The summed E-state index contributed by atoms with van der Waals surface area (Å²) in [7, 11) is 0. The molecule has 0 saturated heterocycles. The van der Waals surface area contributed by atoms with Gasteiger partial charge in [-0.2, -0.15) is 0 Å². The Labute approximate surface area is 148 Å². The molecule has 0 saturated carbocycles. The van der Waals surface area contributed by atoms with E-state index < -0.39 is 5.60 Å². The highest BCUT2D eigenvalue weighted by Crippen LogP contribution is 2.17. The van der Waals surface area contributed by atoms with Crippen LogP contribution < -0.4 is 0 Å². The molecule has 1 aromatic heterocycles. The number of ether oxygens (including phenoxy) is 1. The predicted octanol–water partition coefficient (Wildman–Crippen LogP) is 3.34. The second kappa shape index (κ2) is 6.64. The van der Waals surface area contributed by atoms with Crippen LogP contribution in [0.25, 0.3) is 0 Å². The van der Waals surface area contributed by atoms with E-state index in [4.69, 9.17) is 4.74 Å². The van der Waals surface area contributed by atoms with Gasteiger partial charge in [-0.05, 0) is 51.3 Å². The van der Waals surface area contributed by atoms with Gasteiger partial charge in [-0.25, -0.2) is 9.78 Å². The lowest BCUT2D eigenvalue weighted by Gasteiger charge is -2.30. The highest BCUT2D eigenvalue weighted by molar-refractivity contribution is 5.68. The fraction of sp³-hybridized carbons (Fsp3) is 0.400. The number of fused-ring (bicyclic) bond motifs is 1. The largest absolute Gasteiger partial charge is 0.444 e. The summed E-state index contributed by atoms with van der Waals surface area (Å²) in [5, 5.41) is 0. The first-order valence-electron chi connectivity index (χ1n) is 8.43. The van der Waals surface area contributed by atoms with E-state index in [2.05, 4.69) is 40.4 Å². The molecule has 0 unspecified atom stereocenters. The quantitative estimate of drug-likeness (QED) is 0.693. The molecule has 0 bridgehead atoms. The topological polar surface area (TPSA) is 47.4 Å². The number of benzene rings is 1. The number of amides is 1. The fourth-order valence-electron chi connectivity index (χ4n) is 2.70. The van der Waals surface area contributed by atoms with Crippen LogP contribution in [0, 0.1) is 18.8 Å². The standard InChI is InChI=1S/C20H23N3O2/c1-15-6-5-7-16(12-15)8-9-17-13-21-18-14-22(10-11-23(17)18)19(24)25-20(2,3)4/h5-7,12-13H,10-11,14H2,1-4H3. The molecule has 5 heteroatoms. The Morgan fingerprint density at radius 3 is 2.76 bits per heavy atom. The van der Waals surface area contributed by atoms with Crippen molar-refractivity contribution in [3.63, 3.8) is 0 Å². The molecule has 0 atom stereocenters. The second-order valence-electron chi connectivity index (χ2n) is 7.23. The molecule has 3 rings (SSSR count). The number of hydrogen-bond acceptors (Lipinski definition) is 3. The van der Waals surface area contributed by atoms with E-state index in [1.807, 2.05) is 32.9 Å². The van der Waals surface area contributed by atoms with E-state index in [0.29, 0.717) is 19.6 Å². The zero-order valence-electron chi connectivity index (χ0n) is 15.2. The molecule has 1 aliphatic rings. The van der Waals surface area contributed by atoms with Crippen molar-refractivity contribution < 1.29 is 9.53 Å². The lowest BCUT2D eigenvalue weighted by atomic mass is 10.1. The molecule has 0 spiro atoms. The molecule has 130 valence electrons. The summed E-state index contributed by atoms with van der Waals surface area (Å²) < 4.78 is 7.51. The molecule has 0 radical (unpaired) electrons. The molecule has 1 aromatic carbocycles. The molecule has 2 aromatic rings. The van der Waals surface area contributed by atoms with Gasteiger partial charge in [-0.15, -0.1) is 0 Å². The summed E-state index contributed by atoms with van der Waals surface area (Å²) in [4.78, 5) is 18.3. The normalized spacial score (nSPS) is 13.7. The van der Waals surface area contributed by atoms with Gasteiger partial charge < -0.3 is 9.30 Å². The van der Waals surface area contributed by atoms with Crippen LogP contribution >= 0.6 is 0 Å².